The Hall–Kier alpha value is -0.480. The van der Waals surface area contributed by atoms with Gasteiger partial charge in [-0.2, -0.15) is 5.10 Å². The van der Waals surface area contributed by atoms with Crippen LogP contribution in [0.1, 0.15) is 0 Å². The van der Waals surface area contributed by atoms with Crippen molar-refractivity contribution in [3.63, 3.8) is 0 Å². The first-order chi connectivity index (χ1) is 5.24. The van der Waals surface area contributed by atoms with Crippen molar-refractivity contribution >= 4 is 23.4 Å². The van der Waals surface area contributed by atoms with Crippen LogP contribution in [0, 0.1) is 0 Å². The normalized spacial score (nSPS) is 10.0. The molecule has 0 aromatic carbocycles. The second kappa shape index (κ2) is 3.78. The van der Waals surface area contributed by atoms with Gasteiger partial charge in [0.15, 0.2) is 0 Å². The van der Waals surface area contributed by atoms with Gasteiger partial charge >= 0.3 is 0 Å². The van der Waals surface area contributed by atoms with Crippen molar-refractivity contribution in [2.75, 3.05) is 6.26 Å². The predicted molar refractivity (Wildman–Crippen MR) is 47.0 cm³/mol. The fraction of sp³-hybridized carbons (Fsp3) is 0.333. The third kappa shape index (κ3) is 2.24. The molecule has 1 heterocycles. The molecule has 0 bridgehead atoms. The van der Waals surface area contributed by atoms with E-state index in [9.17, 15) is 4.79 Å². The monoisotopic (exact) mass is 190 g/mol. The molecule has 3 nitrogen and oxygen atoms in total. The van der Waals surface area contributed by atoms with E-state index in [0.717, 1.165) is 0 Å². The van der Waals surface area contributed by atoms with Gasteiger partial charge in [-0.1, -0.05) is 11.6 Å². The van der Waals surface area contributed by atoms with Gasteiger partial charge in [0.1, 0.15) is 5.15 Å². The van der Waals surface area contributed by atoms with Gasteiger partial charge in [-0.05, 0) is 12.3 Å². The van der Waals surface area contributed by atoms with Crippen LogP contribution in [-0.4, -0.2) is 16.0 Å². The average molecular weight is 191 g/mol. The molecule has 0 aliphatic carbocycles. The maximum Gasteiger partial charge on any atom is 0.267 e. The minimum Gasteiger partial charge on any atom is -0.268 e. The zero-order chi connectivity index (χ0) is 8.27. The van der Waals surface area contributed by atoms with E-state index in [-0.39, 0.29) is 5.56 Å². The van der Waals surface area contributed by atoms with Crippen molar-refractivity contribution in [2.24, 2.45) is 0 Å². The molecule has 0 spiro atoms. The van der Waals surface area contributed by atoms with Crippen molar-refractivity contribution in [3.05, 3.63) is 27.6 Å². The van der Waals surface area contributed by atoms with E-state index in [1.54, 1.807) is 0 Å². The standard InChI is InChI=1S/C6H7ClN2OS/c1-11-4-9-6(10)3-2-5(7)8-9/h2-3H,4H2,1H3. The maximum absolute atomic E-state index is 11.0. The topological polar surface area (TPSA) is 34.9 Å². The van der Waals surface area contributed by atoms with E-state index in [1.807, 2.05) is 6.26 Å². The zero-order valence-corrected chi connectivity index (χ0v) is 7.52. The third-order valence-electron chi connectivity index (χ3n) is 1.09. The van der Waals surface area contributed by atoms with Crippen LogP contribution < -0.4 is 5.56 Å². The number of aromatic nitrogens is 2. The van der Waals surface area contributed by atoms with Gasteiger partial charge < -0.3 is 0 Å². The molecule has 0 unspecified atom stereocenters. The van der Waals surface area contributed by atoms with Crippen LogP contribution in [0.15, 0.2) is 16.9 Å². The van der Waals surface area contributed by atoms with Gasteiger partial charge in [0, 0.05) is 6.07 Å². The number of halogens is 1. The molecule has 0 N–H and O–H groups in total. The Morgan fingerprint density at radius 3 is 3.09 bits per heavy atom. The molecular weight excluding hydrogens is 184 g/mol. The summed E-state index contributed by atoms with van der Waals surface area (Å²) in [6.07, 6.45) is 1.90. The van der Waals surface area contributed by atoms with E-state index in [4.69, 9.17) is 11.6 Å². The second-order valence-electron chi connectivity index (χ2n) is 1.91. The summed E-state index contributed by atoms with van der Waals surface area (Å²) in [5.41, 5.74) is -0.122. The summed E-state index contributed by atoms with van der Waals surface area (Å²) in [5.74, 6) is 0.541. The first-order valence-electron chi connectivity index (χ1n) is 2.96. The number of hydrogen-bond donors (Lipinski definition) is 0. The quantitative estimate of drug-likeness (QED) is 0.704. The van der Waals surface area contributed by atoms with E-state index in [1.165, 1.54) is 28.6 Å². The van der Waals surface area contributed by atoms with Gasteiger partial charge in [0.05, 0.1) is 5.88 Å². The second-order valence-corrected chi connectivity index (χ2v) is 3.13. The minimum absolute atomic E-state index is 0.122. The van der Waals surface area contributed by atoms with Gasteiger partial charge in [-0.15, -0.1) is 11.8 Å². The van der Waals surface area contributed by atoms with Crippen molar-refractivity contribution < 1.29 is 0 Å². The predicted octanol–water partition coefficient (Wildman–Crippen LogP) is 1.22. The fourth-order valence-corrected chi connectivity index (χ4v) is 1.22. The molecular formula is C6H7ClN2OS. The summed E-state index contributed by atoms with van der Waals surface area (Å²) < 4.78 is 1.33. The van der Waals surface area contributed by atoms with Gasteiger partial charge in [-0.25, -0.2) is 4.68 Å². The molecule has 1 aromatic rings. The lowest BCUT2D eigenvalue weighted by Gasteiger charge is -1.99. The summed E-state index contributed by atoms with van der Waals surface area (Å²) in [6, 6.07) is 2.90. The van der Waals surface area contributed by atoms with Crippen molar-refractivity contribution in [3.8, 4) is 0 Å². The highest BCUT2D eigenvalue weighted by atomic mass is 35.5. The largest absolute Gasteiger partial charge is 0.268 e. The Morgan fingerprint density at radius 1 is 1.73 bits per heavy atom. The molecule has 0 aliphatic heterocycles. The molecule has 0 saturated heterocycles. The lowest BCUT2D eigenvalue weighted by atomic mass is 10.6. The van der Waals surface area contributed by atoms with Crippen LogP contribution in [0.4, 0.5) is 0 Å². The Kier molecular flexibility index (Phi) is 2.96. The van der Waals surface area contributed by atoms with E-state index in [0.29, 0.717) is 11.0 Å². The summed E-state index contributed by atoms with van der Waals surface area (Å²) in [4.78, 5) is 11.0. The highest BCUT2D eigenvalue weighted by Gasteiger charge is 1.95. The molecule has 60 valence electrons. The summed E-state index contributed by atoms with van der Waals surface area (Å²) >= 11 is 7.09. The van der Waals surface area contributed by atoms with Crippen LogP contribution >= 0.6 is 23.4 Å². The highest BCUT2D eigenvalue weighted by molar-refractivity contribution is 7.97. The van der Waals surface area contributed by atoms with Crippen molar-refractivity contribution in [2.45, 2.75) is 5.88 Å². The molecule has 11 heavy (non-hydrogen) atoms. The van der Waals surface area contributed by atoms with Crippen LogP contribution in [0.3, 0.4) is 0 Å². The van der Waals surface area contributed by atoms with Crippen LogP contribution in [0.5, 0.6) is 0 Å². The van der Waals surface area contributed by atoms with Gasteiger partial charge in [-0.3, -0.25) is 4.79 Å². The lowest BCUT2D eigenvalue weighted by Crippen LogP contribution is -2.20. The summed E-state index contributed by atoms with van der Waals surface area (Å²) in [6.45, 7) is 0. The molecule has 0 fully saturated rings. The zero-order valence-electron chi connectivity index (χ0n) is 5.95. The van der Waals surface area contributed by atoms with Crippen molar-refractivity contribution in [1.29, 1.82) is 0 Å². The summed E-state index contributed by atoms with van der Waals surface area (Å²) in [5, 5.41) is 4.16. The first kappa shape index (κ1) is 8.62. The number of thioether (sulfide) groups is 1. The molecule has 0 radical (unpaired) electrons. The fourth-order valence-electron chi connectivity index (χ4n) is 0.639. The molecule has 0 atom stereocenters. The third-order valence-corrected chi connectivity index (χ3v) is 1.79. The van der Waals surface area contributed by atoms with E-state index >= 15 is 0 Å². The van der Waals surface area contributed by atoms with Crippen LogP contribution in [-0.2, 0) is 5.88 Å². The first-order valence-corrected chi connectivity index (χ1v) is 4.74. The van der Waals surface area contributed by atoms with Gasteiger partial charge in [0.2, 0.25) is 0 Å². The van der Waals surface area contributed by atoms with Crippen LogP contribution in [0.25, 0.3) is 0 Å². The molecule has 1 aromatic heterocycles. The highest BCUT2D eigenvalue weighted by Crippen LogP contribution is 2.00. The number of nitrogens with zero attached hydrogens (tertiary/aromatic N) is 2. The lowest BCUT2D eigenvalue weighted by molar-refractivity contribution is 0.694. The number of rotatable bonds is 2. The Balaban J connectivity index is 3.03. The SMILES string of the molecule is CSCn1nc(Cl)ccc1=O. The van der Waals surface area contributed by atoms with E-state index in [2.05, 4.69) is 5.10 Å². The smallest absolute Gasteiger partial charge is 0.267 e. The molecule has 5 heteroatoms. The Labute approximate surface area is 73.4 Å². The minimum atomic E-state index is -0.122. The van der Waals surface area contributed by atoms with Crippen LogP contribution in [0.2, 0.25) is 5.15 Å². The molecule has 0 saturated carbocycles. The Morgan fingerprint density at radius 2 is 2.45 bits per heavy atom. The van der Waals surface area contributed by atoms with Gasteiger partial charge in [0.25, 0.3) is 5.56 Å². The summed E-state index contributed by atoms with van der Waals surface area (Å²) in [7, 11) is 0. The molecule has 0 aliphatic rings. The maximum atomic E-state index is 11.0. The molecule has 0 amide bonds. The Bertz CT molecular complexity index is 299. The average Bonchev–Trinajstić information content (AvgIpc) is 1.98. The van der Waals surface area contributed by atoms with E-state index < -0.39 is 0 Å². The number of hydrogen-bond acceptors (Lipinski definition) is 3. The molecule has 1 rings (SSSR count). The van der Waals surface area contributed by atoms with Crippen molar-refractivity contribution in [1.82, 2.24) is 9.78 Å².